The quantitative estimate of drug-likeness (QED) is 0.237. The Bertz CT molecular complexity index is 709. The molecule has 172 valence electrons. The smallest absolute Gasteiger partial charge is 0.146 e. The number of rotatable bonds is 13. The molecular weight excluding hydrogens is 392 g/mol. The van der Waals surface area contributed by atoms with Gasteiger partial charge in [-0.15, -0.1) is 0 Å². The van der Waals surface area contributed by atoms with Crippen molar-refractivity contribution >= 4 is 6.29 Å². The first-order valence-electron chi connectivity index (χ1n) is 11.1. The molecule has 1 aromatic carbocycles. The van der Waals surface area contributed by atoms with Gasteiger partial charge in [-0.1, -0.05) is 32.1 Å². The molecule has 5 heteroatoms. The van der Waals surface area contributed by atoms with Crippen molar-refractivity contribution < 1.29 is 23.7 Å². The van der Waals surface area contributed by atoms with E-state index in [1.165, 1.54) is 5.57 Å². The lowest BCUT2D eigenvalue weighted by atomic mass is 9.65. The van der Waals surface area contributed by atoms with E-state index in [0.717, 1.165) is 30.6 Å². The molecule has 0 saturated heterocycles. The first-order chi connectivity index (χ1) is 14.9. The molecule has 0 aromatic heterocycles. The summed E-state index contributed by atoms with van der Waals surface area (Å²) in [5.74, 6) is 3.02. The Kier molecular flexibility index (Phi) is 10.3. The number of carbonyl (C=O) groups is 1. The van der Waals surface area contributed by atoms with Gasteiger partial charge < -0.3 is 23.7 Å². The van der Waals surface area contributed by atoms with E-state index >= 15 is 0 Å². The van der Waals surface area contributed by atoms with Gasteiger partial charge in [-0.25, -0.2) is 0 Å². The molecule has 0 spiro atoms. The van der Waals surface area contributed by atoms with Gasteiger partial charge in [0.25, 0.3) is 0 Å². The highest BCUT2D eigenvalue weighted by molar-refractivity contribution is 5.50. The molecule has 0 unspecified atom stereocenters. The number of carbonyl (C=O) groups excluding carboxylic acids is 1. The van der Waals surface area contributed by atoms with Crippen LogP contribution in [0.5, 0.6) is 11.5 Å². The maximum absolute atomic E-state index is 11.5. The van der Waals surface area contributed by atoms with Crippen molar-refractivity contribution in [1.82, 2.24) is 0 Å². The number of methoxy groups -OCH3 is 2. The highest BCUT2D eigenvalue weighted by Gasteiger charge is 2.37. The van der Waals surface area contributed by atoms with E-state index in [-0.39, 0.29) is 24.9 Å². The van der Waals surface area contributed by atoms with Gasteiger partial charge in [-0.3, -0.25) is 0 Å². The third-order valence-corrected chi connectivity index (χ3v) is 6.40. The SMILES string of the molecule is C=C[C@@H](Oc1ccc(OC)cc1)[C@H](C[C@H]1C(C)=CC[C@H](C(C)C)[C@H]1CC=O)OCOC. The van der Waals surface area contributed by atoms with Crippen molar-refractivity contribution in [3.8, 4) is 11.5 Å². The van der Waals surface area contributed by atoms with E-state index in [9.17, 15) is 4.79 Å². The lowest BCUT2D eigenvalue weighted by Gasteiger charge is -2.41. The molecule has 5 atom stereocenters. The topological polar surface area (TPSA) is 54.0 Å². The molecule has 0 amide bonds. The van der Waals surface area contributed by atoms with Gasteiger partial charge in [0.15, 0.2) is 0 Å². The van der Waals surface area contributed by atoms with E-state index in [1.54, 1.807) is 20.3 Å². The second-order valence-electron chi connectivity index (χ2n) is 8.61. The Hall–Kier alpha value is -2.11. The summed E-state index contributed by atoms with van der Waals surface area (Å²) in [4.78, 5) is 11.5. The molecule has 0 heterocycles. The molecule has 0 fully saturated rings. The highest BCUT2D eigenvalue weighted by atomic mass is 16.7. The monoisotopic (exact) mass is 430 g/mol. The minimum Gasteiger partial charge on any atom is -0.497 e. The second-order valence-corrected chi connectivity index (χ2v) is 8.61. The summed E-state index contributed by atoms with van der Waals surface area (Å²) < 4.78 is 22.7. The maximum atomic E-state index is 11.5. The van der Waals surface area contributed by atoms with E-state index in [1.807, 2.05) is 24.3 Å². The average Bonchev–Trinajstić information content (AvgIpc) is 2.77. The summed E-state index contributed by atoms with van der Waals surface area (Å²) in [7, 11) is 3.25. The normalized spacial score (nSPS) is 23.0. The molecule has 31 heavy (non-hydrogen) atoms. The Morgan fingerprint density at radius 3 is 2.39 bits per heavy atom. The first kappa shape index (κ1) is 25.2. The van der Waals surface area contributed by atoms with Crippen LogP contribution in [0.25, 0.3) is 0 Å². The van der Waals surface area contributed by atoms with E-state index in [0.29, 0.717) is 24.2 Å². The van der Waals surface area contributed by atoms with Crippen molar-refractivity contribution in [3.05, 3.63) is 48.6 Å². The summed E-state index contributed by atoms with van der Waals surface area (Å²) in [5, 5.41) is 0. The zero-order valence-corrected chi connectivity index (χ0v) is 19.6. The van der Waals surface area contributed by atoms with Gasteiger partial charge in [0.05, 0.1) is 7.11 Å². The third-order valence-electron chi connectivity index (χ3n) is 6.40. The highest BCUT2D eigenvalue weighted by Crippen LogP contribution is 2.43. The van der Waals surface area contributed by atoms with Crippen LogP contribution in [0.2, 0.25) is 0 Å². The summed E-state index contributed by atoms with van der Waals surface area (Å²) >= 11 is 0. The number of ether oxygens (including phenoxy) is 4. The van der Waals surface area contributed by atoms with Crippen LogP contribution in [-0.2, 0) is 14.3 Å². The average molecular weight is 431 g/mol. The van der Waals surface area contributed by atoms with Crippen LogP contribution in [0.15, 0.2) is 48.6 Å². The summed E-state index contributed by atoms with van der Waals surface area (Å²) in [6.07, 6.45) is 6.89. The van der Waals surface area contributed by atoms with E-state index < -0.39 is 0 Å². The fourth-order valence-electron chi connectivity index (χ4n) is 4.65. The zero-order chi connectivity index (χ0) is 22.8. The van der Waals surface area contributed by atoms with Crippen LogP contribution in [-0.4, -0.2) is 39.5 Å². The van der Waals surface area contributed by atoms with Gasteiger partial charge in [0, 0.05) is 13.5 Å². The van der Waals surface area contributed by atoms with Crippen molar-refractivity contribution in [2.24, 2.45) is 23.7 Å². The molecule has 0 saturated carbocycles. The third kappa shape index (κ3) is 6.94. The van der Waals surface area contributed by atoms with Gasteiger partial charge in [0.2, 0.25) is 0 Å². The van der Waals surface area contributed by atoms with Crippen LogP contribution in [0.4, 0.5) is 0 Å². The predicted octanol–water partition coefficient (Wildman–Crippen LogP) is 5.45. The van der Waals surface area contributed by atoms with Crippen LogP contribution in [0, 0.1) is 23.7 Å². The molecule has 0 aliphatic heterocycles. The van der Waals surface area contributed by atoms with Gasteiger partial charge in [-0.05, 0) is 73.8 Å². The Morgan fingerprint density at radius 2 is 1.84 bits per heavy atom. The zero-order valence-electron chi connectivity index (χ0n) is 19.6. The summed E-state index contributed by atoms with van der Waals surface area (Å²) in [5.41, 5.74) is 1.32. The fraction of sp³-hybridized carbons (Fsp3) is 0.577. The van der Waals surface area contributed by atoms with Crippen LogP contribution < -0.4 is 9.47 Å². The van der Waals surface area contributed by atoms with Gasteiger partial charge in [-0.2, -0.15) is 0 Å². The Morgan fingerprint density at radius 1 is 1.16 bits per heavy atom. The van der Waals surface area contributed by atoms with Crippen molar-refractivity contribution in [2.75, 3.05) is 21.0 Å². The molecule has 1 aliphatic rings. The van der Waals surface area contributed by atoms with Crippen LogP contribution in [0.3, 0.4) is 0 Å². The predicted molar refractivity (Wildman–Crippen MR) is 123 cm³/mol. The Labute approximate surface area is 187 Å². The number of hydrogen-bond donors (Lipinski definition) is 0. The Balaban J connectivity index is 2.25. The van der Waals surface area contributed by atoms with Crippen molar-refractivity contribution in [3.63, 3.8) is 0 Å². The molecule has 1 aliphatic carbocycles. The molecule has 1 aromatic rings. The first-order valence-corrected chi connectivity index (χ1v) is 11.1. The molecule has 2 rings (SSSR count). The summed E-state index contributed by atoms with van der Waals surface area (Å²) in [6, 6.07) is 7.47. The molecular formula is C26H38O5. The standard InChI is InChI=1S/C26H38O5/c1-7-25(31-21-11-9-20(29-6)10-12-21)26(30-17-28-5)16-24-19(4)8-13-22(18(2)3)23(24)14-15-27/h7-12,15,18,22-26H,1,13-14,16-17H2,2-6H3/t22-,23-,24+,25-,26+/m1/s1. The van der Waals surface area contributed by atoms with Crippen LogP contribution in [0.1, 0.15) is 40.0 Å². The molecule has 5 nitrogen and oxygen atoms in total. The number of hydrogen-bond acceptors (Lipinski definition) is 5. The number of allylic oxidation sites excluding steroid dienone is 2. The number of aldehydes is 1. The lowest BCUT2D eigenvalue weighted by molar-refractivity contribution is -0.113. The van der Waals surface area contributed by atoms with E-state index in [4.69, 9.17) is 18.9 Å². The maximum Gasteiger partial charge on any atom is 0.146 e. The van der Waals surface area contributed by atoms with Gasteiger partial charge >= 0.3 is 0 Å². The van der Waals surface area contributed by atoms with Crippen molar-refractivity contribution in [2.45, 2.75) is 52.2 Å². The molecule has 0 bridgehead atoms. The minimum atomic E-state index is -0.354. The minimum absolute atomic E-state index is 0.169. The van der Waals surface area contributed by atoms with Crippen LogP contribution >= 0.6 is 0 Å². The molecule has 0 radical (unpaired) electrons. The van der Waals surface area contributed by atoms with Crippen molar-refractivity contribution in [1.29, 1.82) is 0 Å². The second kappa shape index (κ2) is 12.7. The largest absolute Gasteiger partial charge is 0.497 e. The lowest BCUT2D eigenvalue weighted by Crippen LogP contribution is -2.39. The van der Waals surface area contributed by atoms with Gasteiger partial charge in [0.1, 0.15) is 36.8 Å². The van der Waals surface area contributed by atoms with E-state index in [2.05, 4.69) is 33.4 Å². The summed E-state index contributed by atoms with van der Waals surface area (Å²) in [6.45, 7) is 10.8. The fourth-order valence-corrected chi connectivity index (χ4v) is 4.65. The molecule has 0 N–H and O–H groups in total. The number of benzene rings is 1.